The van der Waals surface area contributed by atoms with Crippen molar-refractivity contribution in [1.82, 2.24) is 10.6 Å². The normalized spacial score (nSPS) is 11.1. The Bertz CT molecular complexity index is 557. The minimum Gasteiger partial charge on any atom is -0.493 e. The van der Waals surface area contributed by atoms with E-state index in [0.717, 1.165) is 16.9 Å². The van der Waals surface area contributed by atoms with Crippen LogP contribution in [-0.4, -0.2) is 31.5 Å². The topological polar surface area (TPSA) is 67.4 Å². The first-order chi connectivity index (χ1) is 11.7. The Hall–Kier alpha value is -2.04. The molecule has 0 unspecified atom stereocenters. The van der Waals surface area contributed by atoms with E-state index in [1.54, 1.807) is 0 Å². The summed E-state index contributed by atoms with van der Waals surface area (Å²) in [5.74, 6) is 0.906. The molecule has 2 amide bonds. The number of carbonyl (C=O) groups excluding carboxylic acids is 2. The fraction of sp³-hybridized carbons (Fsp3) is 0.600. The maximum Gasteiger partial charge on any atom is 0.220 e. The molecule has 25 heavy (non-hydrogen) atoms. The van der Waals surface area contributed by atoms with Crippen LogP contribution in [0.2, 0.25) is 0 Å². The highest BCUT2D eigenvalue weighted by Gasteiger charge is 2.15. The van der Waals surface area contributed by atoms with Gasteiger partial charge in [-0.3, -0.25) is 9.59 Å². The van der Waals surface area contributed by atoms with Crippen LogP contribution in [0.25, 0.3) is 0 Å². The summed E-state index contributed by atoms with van der Waals surface area (Å²) in [5, 5.41) is 5.63. The van der Waals surface area contributed by atoms with Gasteiger partial charge >= 0.3 is 0 Å². The van der Waals surface area contributed by atoms with E-state index in [1.807, 2.05) is 52.8 Å². The van der Waals surface area contributed by atoms with Crippen molar-refractivity contribution in [2.75, 3.05) is 19.7 Å². The van der Waals surface area contributed by atoms with Crippen LogP contribution in [0.3, 0.4) is 0 Å². The van der Waals surface area contributed by atoms with Gasteiger partial charge in [-0.15, -0.1) is 0 Å². The van der Waals surface area contributed by atoms with E-state index >= 15 is 0 Å². The Labute approximate surface area is 151 Å². The number of carbonyl (C=O) groups is 2. The van der Waals surface area contributed by atoms with Gasteiger partial charge < -0.3 is 15.4 Å². The van der Waals surface area contributed by atoms with E-state index in [2.05, 4.69) is 10.6 Å². The predicted molar refractivity (Wildman–Crippen MR) is 101 cm³/mol. The quantitative estimate of drug-likeness (QED) is 0.674. The maximum atomic E-state index is 11.8. The Morgan fingerprint density at radius 1 is 1.00 bits per heavy atom. The summed E-state index contributed by atoms with van der Waals surface area (Å²) >= 11 is 0. The first-order valence-corrected chi connectivity index (χ1v) is 8.91. The van der Waals surface area contributed by atoms with Crippen molar-refractivity contribution in [3.63, 3.8) is 0 Å². The van der Waals surface area contributed by atoms with E-state index in [4.69, 9.17) is 4.74 Å². The lowest BCUT2D eigenvalue weighted by Gasteiger charge is -2.17. The number of hydrogen-bond donors (Lipinski definition) is 2. The fourth-order valence-corrected chi connectivity index (χ4v) is 2.47. The van der Waals surface area contributed by atoms with E-state index in [1.165, 1.54) is 0 Å². The van der Waals surface area contributed by atoms with Crippen molar-refractivity contribution < 1.29 is 14.3 Å². The van der Waals surface area contributed by atoms with Crippen molar-refractivity contribution in [1.29, 1.82) is 0 Å². The molecule has 140 valence electrons. The average Bonchev–Trinajstić information content (AvgIpc) is 2.48. The molecule has 2 N–H and O–H groups in total. The van der Waals surface area contributed by atoms with Crippen LogP contribution < -0.4 is 15.4 Å². The van der Waals surface area contributed by atoms with Crippen molar-refractivity contribution in [2.45, 2.75) is 53.9 Å². The third-order valence-corrected chi connectivity index (χ3v) is 3.66. The van der Waals surface area contributed by atoms with Crippen LogP contribution in [-0.2, 0) is 9.59 Å². The second kappa shape index (κ2) is 10.1. The zero-order chi connectivity index (χ0) is 18.9. The Morgan fingerprint density at radius 3 is 2.12 bits per heavy atom. The highest BCUT2D eigenvalue weighted by molar-refractivity contribution is 5.77. The summed E-state index contributed by atoms with van der Waals surface area (Å²) in [7, 11) is 0. The monoisotopic (exact) mass is 348 g/mol. The number of benzene rings is 1. The second-order valence-corrected chi connectivity index (χ2v) is 7.61. The van der Waals surface area contributed by atoms with Crippen molar-refractivity contribution in [2.24, 2.45) is 5.41 Å². The molecule has 0 spiro atoms. The number of ether oxygens (including phenoxy) is 1. The molecule has 0 bridgehead atoms. The number of nitrogens with one attached hydrogen (secondary N) is 2. The van der Waals surface area contributed by atoms with E-state index < -0.39 is 0 Å². The van der Waals surface area contributed by atoms with Gasteiger partial charge in [0.15, 0.2) is 0 Å². The standard InChI is InChI=1S/C20H32N2O3/c1-15-8-6-9-16(2)19(15)25-13-7-10-17(23)21-11-12-22-18(24)14-20(3,4)5/h6,8-9H,7,10-14H2,1-5H3,(H,21,23)(H,22,24). The van der Waals surface area contributed by atoms with Gasteiger partial charge in [0.2, 0.25) is 11.8 Å². The molecule has 0 fully saturated rings. The molecule has 1 aromatic carbocycles. The first-order valence-electron chi connectivity index (χ1n) is 8.91. The highest BCUT2D eigenvalue weighted by atomic mass is 16.5. The summed E-state index contributed by atoms with van der Waals surface area (Å²) in [6.07, 6.45) is 1.56. The number of para-hydroxylation sites is 1. The first kappa shape index (κ1) is 21.0. The van der Waals surface area contributed by atoms with Crippen molar-refractivity contribution in [3.05, 3.63) is 29.3 Å². The molecule has 0 aliphatic heterocycles. The second-order valence-electron chi connectivity index (χ2n) is 7.61. The van der Waals surface area contributed by atoms with Gasteiger partial charge in [0.1, 0.15) is 5.75 Å². The SMILES string of the molecule is Cc1cccc(C)c1OCCCC(=O)NCCNC(=O)CC(C)(C)C. The molecule has 0 atom stereocenters. The summed E-state index contributed by atoms with van der Waals surface area (Å²) < 4.78 is 5.78. The molecule has 0 aromatic heterocycles. The van der Waals surface area contributed by atoms with Gasteiger partial charge in [0.25, 0.3) is 0 Å². The van der Waals surface area contributed by atoms with Gasteiger partial charge in [-0.05, 0) is 36.8 Å². The summed E-state index contributed by atoms with van der Waals surface area (Å²) in [5.41, 5.74) is 2.19. The Balaban J connectivity index is 2.12. The van der Waals surface area contributed by atoms with Gasteiger partial charge in [0.05, 0.1) is 6.61 Å². The molecule has 0 aliphatic rings. The van der Waals surface area contributed by atoms with Gasteiger partial charge in [0, 0.05) is 25.9 Å². The van der Waals surface area contributed by atoms with Crippen molar-refractivity contribution in [3.8, 4) is 5.75 Å². The molecule has 1 rings (SSSR count). The molecule has 5 heteroatoms. The maximum absolute atomic E-state index is 11.8. The summed E-state index contributed by atoms with van der Waals surface area (Å²) in [6.45, 7) is 11.5. The average molecular weight is 348 g/mol. The number of amides is 2. The summed E-state index contributed by atoms with van der Waals surface area (Å²) in [6, 6.07) is 6.04. The minimum absolute atomic E-state index is 0.0174. The van der Waals surface area contributed by atoms with Crippen LogP contribution >= 0.6 is 0 Å². The van der Waals surface area contributed by atoms with Gasteiger partial charge in [-0.2, -0.15) is 0 Å². The van der Waals surface area contributed by atoms with Gasteiger partial charge in [-0.25, -0.2) is 0 Å². The molecular weight excluding hydrogens is 316 g/mol. The molecule has 0 saturated heterocycles. The van der Waals surface area contributed by atoms with Crippen LogP contribution in [0.4, 0.5) is 0 Å². The van der Waals surface area contributed by atoms with Crippen LogP contribution in [0.1, 0.15) is 51.2 Å². The lowest BCUT2D eigenvalue weighted by atomic mass is 9.92. The van der Waals surface area contributed by atoms with E-state index in [-0.39, 0.29) is 17.2 Å². The lowest BCUT2D eigenvalue weighted by Crippen LogP contribution is -2.35. The molecule has 0 radical (unpaired) electrons. The highest BCUT2D eigenvalue weighted by Crippen LogP contribution is 2.22. The van der Waals surface area contributed by atoms with Crippen LogP contribution in [0.5, 0.6) is 5.75 Å². The van der Waals surface area contributed by atoms with Crippen molar-refractivity contribution >= 4 is 11.8 Å². The fourth-order valence-electron chi connectivity index (χ4n) is 2.47. The zero-order valence-electron chi connectivity index (χ0n) is 16.2. The predicted octanol–water partition coefficient (Wildman–Crippen LogP) is 3.13. The van der Waals surface area contributed by atoms with E-state index in [9.17, 15) is 9.59 Å². The van der Waals surface area contributed by atoms with Crippen LogP contribution in [0.15, 0.2) is 18.2 Å². The zero-order valence-corrected chi connectivity index (χ0v) is 16.2. The number of aryl methyl sites for hydroxylation is 2. The molecule has 5 nitrogen and oxygen atoms in total. The largest absolute Gasteiger partial charge is 0.493 e. The summed E-state index contributed by atoms with van der Waals surface area (Å²) in [4.78, 5) is 23.4. The van der Waals surface area contributed by atoms with E-state index in [0.29, 0.717) is 39.0 Å². The lowest BCUT2D eigenvalue weighted by molar-refractivity contribution is -0.124. The van der Waals surface area contributed by atoms with Crippen LogP contribution in [0, 0.1) is 19.3 Å². The molecule has 0 saturated carbocycles. The third kappa shape index (κ3) is 9.13. The molecule has 0 aliphatic carbocycles. The van der Waals surface area contributed by atoms with Gasteiger partial charge in [-0.1, -0.05) is 39.0 Å². The minimum atomic E-state index is -0.0250. The molecule has 0 heterocycles. The third-order valence-electron chi connectivity index (χ3n) is 3.66. The smallest absolute Gasteiger partial charge is 0.220 e. The number of rotatable bonds is 9. The Morgan fingerprint density at radius 2 is 1.56 bits per heavy atom. The number of hydrogen-bond acceptors (Lipinski definition) is 3. The Kier molecular flexibility index (Phi) is 8.46. The molecular formula is C20H32N2O3. The molecule has 1 aromatic rings.